The lowest BCUT2D eigenvalue weighted by Crippen LogP contribution is -2.12. The first-order valence-electron chi connectivity index (χ1n) is 5.75. The van der Waals surface area contributed by atoms with Gasteiger partial charge in [-0.1, -0.05) is 19.1 Å². The van der Waals surface area contributed by atoms with E-state index in [4.69, 9.17) is 0 Å². The molecule has 0 fully saturated rings. The molecule has 0 rings (SSSR count). The predicted octanol–water partition coefficient (Wildman–Crippen LogP) is 2.74. The van der Waals surface area contributed by atoms with Gasteiger partial charge in [0.05, 0.1) is 0 Å². The van der Waals surface area contributed by atoms with Crippen LogP contribution in [0.15, 0.2) is 24.3 Å². The Kier molecular flexibility index (Phi) is 7.68. The Hall–Kier alpha value is -1.68. The number of hydrogen-bond acceptors (Lipinski definition) is 6. The molecule has 19 heavy (non-hydrogen) atoms. The van der Waals surface area contributed by atoms with Crippen LogP contribution in [0.2, 0.25) is 0 Å². The van der Waals surface area contributed by atoms with E-state index >= 15 is 0 Å². The highest BCUT2D eigenvalue weighted by atomic mass is 31.2. The van der Waals surface area contributed by atoms with Gasteiger partial charge in [0.25, 0.3) is 5.52 Å². The highest BCUT2D eigenvalue weighted by molar-refractivity contribution is 7.72. The molecular formula is C12H17O6P. The lowest BCUT2D eigenvalue weighted by molar-refractivity contribution is -0.135. The Morgan fingerprint density at radius 2 is 1.42 bits per heavy atom. The van der Waals surface area contributed by atoms with Crippen molar-refractivity contribution in [2.75, 3.05) is 0 Å². The monoisotopic (exact) mass is 288 g/mol. The normalized spacial score (nSPS) is 11.7. The molecule has 0 heterocycles. The Bertz CT molecular complexity index is 419. The van der Waals surface area contributed by atoms with Crippen LogP contribution in [0, 0.1) is 0 Å². The lowest BCUT2D eigenvalue weighted by atomic mass is 10.4. The summed E-state index contributed by atoms with van der Waals surface area (Å²) in [5.74, 6) is -1.99. The molecule has 0 aromatic carbocycles. The largest absolute Gasteiger partial charge is 0.503 e. The molecule has 106 valence electrons. The average Bonchev–Trinajstić information content (AvgIpc) is 2.29. The molecule has 0 aliphatic heterocycles. The summed E-state index contributed by atoms with van der Waals surface area (Å²) in [5, 5.41) is 0. The SMILES string of the molecule is C/C=C/C(=O)OP(=O)(OC(=O)/C=C/C)C(=O)CCC. The lowest BCUT2D eigenvalue weighted by Gasteiger charge is -2.14. The van der Waals surface area contributed by atoms with Gasteiger partial charge >= 0.3 is 19.5 Å². The Labute approximate surface area is 112 Å². The topological polar surface area (TPSA) is 86.7 Å². The third-order valence-corrected chi connectivity index (χ3v) is 3.47. The van der Waals surface area contributed by atoms with E-state index in [0.29, 0.717) is 6.42 Å². The van der Waals surface area contributed by atoms with Crippen LogP contribution in [0.5, 0.6) is 0 Å². The first-order chi connectivity index (χ1) is 8.89. The second kappa shape index (κ2) is 8.43. The van der Waals surface area contributed by atoms with Gasteiger partial charge in [-0.2, -0.15) is 0 Å². The molecule has 0 aliphatic rings. The van der Waals surface area contributed by atoms with Gasteiger partial charge in [0.2, 0.25) is 0 Å². The van der Waals surface area contributed by atoms with Crippen molar-refractivity contribution in [2.24, 2.45) is 0 Å². The summed E-state index contributed by atoms with van der Waals surface area (Å²) in [4.78, 5) is 34.2. The van der Waals surface area contributed by atoms with Crippen LogP contribution in [-0.2, 0) is 28.0 Å². The fourth-order valence-electron chi connectivity index (χ4n) is 1.04. The zero-order valence-corrected chi connectivity index (χ0v) is 12.0. The van der Waals surface area contributed by atoms with Crippen LogP contribution in [0.3, 0.4) is 0 Å². The Balaban J connectivity index is 5.12. The summed E-state index contributed by atoms with van der Waals surface area (Å²) in [7, 11) is -4.44. The molecule has 0 amide bonds. The Morgan fingerprint density at radius 1 is 1.00 bits per heavy atom. The maximum Gasteiger partial charge on any atom is 0.503 e. The highest BCUT2D eigenvalue weighted by Crippen LogP contribution is 2.50. The number of carbonyl (C=O) groups excluding carboxylic acids is 3. The molecule has 0 aromatic heterocycles. The molecule has 6 nitrogen and oxygen atoms in total. The van der Waals surface area contributed by atoms with E-state index in [2.05, 4.69) is 9.05 Å². The predicted molar refractivity (Wildman–Crippen MR) is 69.3 cm³/mol. The highest BCUT2D eigenvalue weighted by Gasteiger charge is 2.39. The third kappa shape index (κ3) is 6.15. The van der Waals surface area contributed by atoms with Crippen molar-refractivity contribution in [1.82, 2.24) is 0 Å². The molecule has 0 bridgehead atoms. The molecule has 0 saturated carbocycles. The van der Waals surface area contributed by atoms with Gasteiger partial charge in [0.1, 0.15) is 0 Å². The standard InChI is InChI=1S/C12H17O6P/c1-4-7-10(13)17-19(16,12(15)9-6-3)18-11(14)8-5-2/h4-5,7-8H,6,9H2,1-3H3/b7-4+,8-5+. The molecule has 0 aromatic rings. The number of carbonyl (C=O) groups is 3. The molecule has 0 spiro atoms. The van der Waals surface area contributed by atoms with E-state index in [9.17, 15) is 18.9 Å². The van der Waals surface area contributed by atoms with Crippen LogP contribution in [-0.4, -0.2) is 17.5 Å². The summed E-state index contributed by atoms with van der Waals surface area (Å²) in [6.45, 7) is 4.78. The minimum atomic E-state index is -4.44. The summed E-state index contributed by atoms with van der Waals surface area (Å²) in [5.41, 5.74) is -0.897. The fourth-order valence-corrected chi connectivity index (χ4v) is 2.38. The van der Waals surface area contributed by atoms with Gasteiger partial charge in [0.15, 0.2) is 0 Å². The molecule has 0 aliphatic carbocycles. The van der Waals surface area contributed by atoms with Crippen molar-refractivity contribution in [1.29, 1.82) is 0 Å². The zero-order chi connectivity index (χ0) is 14.9. The van der Waals surface area contributed by atoms with Crippen molar-refractivity contribution in [3.05, 3.63) is 24.3 Å². The molecule has 0 unspecified atom stereocenters. The maximum absolute atomic E-state index is 12.2. The van der Waals surface area contributed by atoms with Crippen LogP contribution in [0.1, 0.15) is 33.6 Å². The van der Waals surface area contributed by atoms with Gasteiger partial charge in [-0.05, 0) is 20.3 Å². The van der Waals surface area contributed by atoms with Crippen molar-refractivity contribution in [3.63, 3.8) is 0 Å². The smallest absolute Gasteiger partial charge is 0.374 e. The van der Waals surface area contributed by atoms with Gasteiger partial charge < -0.3 is 9.05 Å². The minimum absolute atomic E-state index is 0.108. The second-order valence-electron chi connectivity index (χ2n) is 3.46. The fraction of sp³-hybridized carbons (Fsp3) is 0.417. The molecule has 0 radical (unpaired) electrons. The summed E-state index contributed by atoms with van der Waals surface area (Å²) < 4.78 is 21.2. The van der Waals surface area contributed by atoms with E-state index < -0.39 is 25.1 Å². The van der Waals surface area contributed by atoms with Crippen LogP contribution >= 0.6 is 7.60 Å². The average molecular weight is 288 g/mol. The number of hydrogen-bond donors (Lipinski definition) is 0. The minimum Gasteiger partial charge on any atom is -0.374 e. The van der Waals surface area contributed by atoms with E-state index in [1.165, 1.54) is 12.2 Å². The summed E-state index contributed by atoms with van der Waals surface area (Å²) in [6, 6.07) is 0. The van der Waals surface area contributed by atoms with E-state index in [0.717, 1.165) is 12.2 Å². The number of allylic oxidation sites excluding steroid dienone is 2. The maximum atomic E-state index is 12.2. The summed E-state index contributed by atoms with van der Waals surface area (Å²) >= 11 is 0. The van der Waals surface area contributed by atoms with Crippen molar-refractivity contribution < 1.29 is 28.0 Å². The van der Waals surface area contributed by atoms with Crippen molar-refractivity contribution in [2.45, 2.75) is 33.6 Å². The second-order valence-corrected chi connectivity index (χ2v) is 5.32. The summed E-state index contributed by atoms with van der Waals surface area (Å²) in [6.07, 6.45) is 4.95. The molecule has 0 N–H and O–H groups in total. The quantitative estimate of drug-likeness (QED) is 0.528. The van der Waals surface area contributed by atoms with Gasteiger partial charge in [0, 0.05) is 18.6 Å². The van der Waals surface area contributed by atoms with Crippen LogP contribution < -0.4 is 0 Å². The first kappa shape index (κ1) is 17.3. The van der Waals surface area contributed by atoms with E-state index in [-0.39, 0.29) is 6.42 Å². The molecule has 0 saturated heterocycles. The Morgan fingerprint density at radius 3 is 1.74 bits per heavy atom. The first-order valence-corrected chi connectivity index (χ1v) is 7.29. The number of rotatable bonds is 7. The van der Waals surface area contributed by atoms with E-state index in [1.807, 2.05) is 0 Å². The van der Waals surface area contributed by atoms with Crippen molar-refractivity contribution in [3.8, 4) is 0 Å². The third-order valence-electron chi connectivity index (χ3n) is 1.80. The molecule has 7 heteroatoms. The zero-order valence-electron chi connectivity index (χ0n) is 11.1. The van der Waals surface area contributed by atoms with Crippen LogP contribution in [0.25, 0.3) is 0 Å². The van der Waals surface area contributed by atoms with Gasteiger partial charge in [-0.3, -0.25) is 4.79 Å². The molecule has 0 atom stereocenters. The molecular weight excluding hydrogens is 271 g/mol. The van der Waals surface area contributed by atoms with Gasteiger partial charge in [-0.25, -0.2) is 14.2 Å². The van der Waals surface area contributed by atoms with E-state index in [1.54, 1.807) is 20.8 Å². The van der Waals surface area contributed by atoms with Gasteiger partial charge in [-0.15, -0.1) is 0 Å². The van der Waals surface area contributed by atoms with Crippen LogP contribution in [0.4, 0.5) is 0 Å². The van der Waals surface area contributed by atoms with Crippen molar-refractivity contribution >= 4 is 25.1 Å².